The van der Waals surface area contributed by atoms with E-state index < -0.39 is 9.84 Å². The van der Waals surface area contributed by atoms with Crippen LogP contribution in [-0.2, 0) is 19.4 Å². The lowest BCUT2D eigenvalue weighted by atomic mass is 10.1. The Hall–Kier alpha value is -1.34. The van der Waals surface area contributed by atoms with E-state index in [1.165, 1.54) is 23.9 Å². The van der Waals surface area contributed by atoms with Crippen LogP contribution in [0, 0.1) is 0 Å². The highest BCUT2D eigenvalue weighted by atomic mass is 32.2. The van der Waals surface area contributed by atoms with Gasteiger partial charge in [0.25, 0.3) is 0 Å². The Bertz CT molecular complexity index is 558. The highest BCUT2D eigenvalue weighted by molar-refractivity contribution is 8.04. The van der Waals surface area contributed by atoms with Gasteiger partial charge in [-0.05, 0) is 0 Å². The molecule has 0 bridgehead atoms. The van der Waals surface area contributed by atoms with Crippen molar-refractivity contribution in [2.75, 3.05) is 24.3 Å². The molecule has 0 aromatic rings. The number of hydrogen-bond donors (Lipinski definition) is 1. The molecule has 0 fully saturated rings. The lowest BCUT2D eigenvalue weighted by Crippen LogP contribution is -2.28. The number of sulfone groups is 1. The fourth-order valence-corrected chi connectivity index (χ4v) is 2.47. The molecular formula is C12H15NO4S2. The van der Waals surface area contributed by atoms with Crippen LogP contribution in [0.5, 0.6) is 0 Å². The summed E-state index contributed by atoms with van der Waals surface area (Å²) in [6.07, 6.45) is 5.23. The van der Waals surface area contributed by atoms with Gasteiger partial charge in [-0.3, -0.25) is 9.59 Å². The average Bonchev–Trinajstić information content (AvgIpc) is 2.30. The number of rotatable bonds is 7. The number of nitrogens with one attached hydrogen (secondary N) is 1. The Morgan fingerprint density at radius 3 is 2.58 bits per heavy atom. The Kier molecular flexibility index (Phi) is 5.56. The quantitative estimate of drug-likeness (QED) is 0.543. The van der Waals surface area contributed by atoms with Crippen LogP contribution in [0.3, 0.4) is 0 Å². The van der Waals surface area contributed by atoms with Crippen molar-refractivity contribution in [2.45, 2.75) is 0 Å². The first-order valence-corrected chi connectivity index (χ1v) is 8.55. The summed E-state index contributed by atoms with van der Waals surface area (Å²) in [4.78, 5) is 23.8. The van der Waals surface area contributed by atoms with Gasteiger partial charge < -0.3 is 5.32 Å². The highest BCUT2D eigenvalue weighted by Crippen LogP contribution is 2.21. The molecule has 0 amide bonds. The van der Waals surface area contributed by atoms with Crippen LogP contribution >= 0.6 is 11.8 Å². The molecule has 0 aliphatic heterocycles. The summed E-state index contributed by atoms with van der Waals surface area (Å²) < 4.78 is 21.9. The molecular weight excluding hydrogens is 286 g/mol. The summed E-state index contributed by atoms with van der Waals surface area (Å²) in [6, 6.07) is 0. The molecule has 0 atom stereocenters. The SMILES string of the molecule is C=CCSC1=CC(=O)C(NCCS(C)(=O)=O)=CC1=O. The number of allylic oxidation sites excluding steroid dienone is 3. The summed E-state index contributed by atoms with van der Waals surface area (Å²) in [5.74, 6) is -0.115. The van der Waals surface area contributed by atoms with E-state index in [2.05, 4.69) is 11.9 Å². The number of hydrogen-bond acceptors (Lipinski definition) is 6. The van der Waals surface area contributed by atoms with Gasteiger partial charge in [-0.25, -0.2) is 8.42 Å². The molecule has 1 aliphatic carbocycles. The summed E-state index contributed by atoms with van der Waals surface area (Å²) >= 11 is 1.24. The molecule has 0 spiro atoms. The van der Waals surface area contributed by atoms with Crippen LogP contribution in [-0.4, -0.2) is 44.3 Å². The van der Waals surface area contributed by atoms with Crippen LogP contribution in [0.4, 0.5) is 0 Å². The van der Waals surface area contributed by atoms with Crippen molar-refractivity contribution in [3.8, 4) is 0 Å². The maximum absolute atomic E-state index is 11.7. The molecule has 1 N–H and O–H groups in total. The first-order valence-electron chi connectivity index (χ1n) is 5.51. The lowest BCUT2D eigenvalue weighted by molar-refractivity contribution is -0.115. The minimum atomic E-state index is -3.10. The first-order chi connectivity index (χ1) is 8.83. The molecule has 0 unspecified atom stereocenters. The van der Waals surface area contributed by atoms with Crippen molar-refractivity contribution in [1.82, 2.24) is 5.32 Å². The molecule has 0 saturated heterocycles. The number of thioether (sulfide) groups is 1. The monoisotopic (exact) mass is 301 g/mol. The highest BCUT2D eigenvalue weighted by Gasteiger charge is 2.20. The molecule has 1 aliphatic rings. The molecule has 7 heteroatoms. The van der Waals surface area contributed by atoms with E-state index in [0.717, 1.165) is 6.26 Å². The van der Waals surface area contributed by atoms with E-state index in [9.17, 15) is 18.0 Å². The van der Waals surface area contributed by atoms with Crippen molar-refractivity contribution >= 4 is 33.2 Å². The van der Waals surface area contributed by atoms with Crippen LogP contribution in [0.25, 0.3) is 0 Å². The molecule has 0 saturated carbocycles. The molecule has 1 rings (SSSR count). The third-order valence-electron chi connectivity index (χ3n) is 2.19. The lowest BCUT2D eigenvalue weighted by Gasteiger charge is -2.13. The van der Waals surface area contributed by atoms with Crippen molar-refractivity contribution < 1.29 is 18.0 Å². The molecule has 0 radical (unpaired) electrons. The molecule has 5 nitrogen and oxygen atoms in total. The smallest absolute Gasteiger partial charge is 0.203 e. The van der Waals surface area contributed by atoms with Gasteiger partial charge >= 0.3 is 0 Å². The van der Waals surface area contributed by atoms with Crippen LogP contribution in [0.2, 0.25) is 0 Å². The molecule has 0 aromatic heterocycles. The molecule has 0 aromatic carbocycles. The zero-order valence-corrected chi connectivity index (χ0v) is 12.1. The summed E-state index contributed by atoms with van der Waals surface area (Å²) in [6.45, 7) is 3.64. The van der Waals surface area contributed by atoms with Gasteiger partial charge in [0.15, 0.2) is 5.78 Å². The Morgan fingerprint density at radius 2 is 2.00 bits per heavy atom. The second kappa shape index (κ2) is 6.72. The van der Waals surface area contributed by atoms with Crippen molar-refractivity contribution in [3.63, 3.8) is 0 Å². The van der Waals surface area contributed by atoms with Gasteiger partial charge in [0.1, 0.15) is 9.84 Å². The largest absolute Gasteiger partial charge is 0.381 e. The van der Waals surface area contributed by atoms with Crippen molar-refractivity contribution in [1.29, 1.82) is 0 Å². The van der Waals surface area contributed by atoms with E-state index in [-0.39, 0.29) is 29.6 Å². The summed E-state index contributed by atoms with van der Waals surface area (Å²) in [5, 5.41) is 2.67. The van der Waals surface area contributed by atoms with Gasteiger partial charge in [0.05, 0.1) is 16.4 Å². The minimum Gasteiger partial charge on any atom is -0.381 e. The fourth-order valence-electron chi connectivity index (χ4n) is 1.31. The number of carbonyl (C=O) groups is 2. The van der Waals surface area contributed by atoms with E-state index in [4.69, 9.17) is 0 Å². The van der Waals surface area contributed by atoms with E-state index in [0.29, 0.717) is 10.7 Å². The predicted molar refractivity (Wildman–Crippen MR) is 76.5 cm³/mol. The maximum Gasteiger partial charge on any atom is 0.203 e. The Labute approximate surface area is 116 Å². The fraction of sp³-hybridized carbons (Fsp3) is 0.333. The normalized spacial score (nSPS) is 15.8. The van der Waals surface area contributed by atoms with Gasteiger partial charge in [0.2, 0.25) is 5.78 Å². The van der Waals surface area contributed by atoms with E-state index in [1.54, 1.807) is 6.08 Å². The zero-order valence-electron chi connectivity index (χ0n) is 10.5. The van der Waals surface area contributed by atoms with Crippen LogP contribution in [0.1, 0.15) is 0 Å². The summed E-state index contributed by atoms with van der Waals surface area (Å²) in [7, 11) is -3.10. The third kappa shape index (κ3) is 5.44. The minimum absolute atomic E-state index is 0.0897. The number of ketones is 2. The Balaban J connectivity index is 2.62. The van der Waals surface area contributed by atoms with Crippen molar-refractivity contribution in [3.05, 3.63) is 35.4 Å². The molecule has 104 valence electrons. The predicted octanol–water partition coefficient (Wildman–Crippen LogP) is 0.459. The zero-order chi connectivity index (χ0) is 14.5. The maximum atomic E-state index is 11.7. The standard InChI is InChI=1S/C12H15NO4S2/c1-3-5-18-12-8-10(14)9(7-11(12)15)13-4-6-19(2,16)17/h3,7-8,13H,1,4-6H2,2H3. The van der Waals surface area contributed by atoms with E-state index >= 15 is 0 Å². The summed E-state index contributed by atoms with van der Waals surface area (Å²) in [5.41, 5.74) is 0.136. The van der Waals surface area contributed by atoms with Gasteiger partial charge in [-0.15, -0.1) is 18.3 Å². The van der Waals surface area contributed by atoms with Gasteiger partial charge in [-0.2, -0.15) is 0 Å². The van der Waals surface area contributed by atoms with Crippen molar-refractivity contribution in [2.24, 2.45) is 0 Å². The molecule has 0 heterocycles. The Morgan fingerprint density at radius 1 is 1.32 bits per heavy atom. The van der Waals surface area contributed by atoms with E-state index in [1.807, 2.05) is 0 Å². The van der Waals surface area contributed by atoms with Crippen LogP contribution < -0.4 is 5.32 Å². The van der Waals surface area contributed by atoms with Gasteiger partial charge in [0, 0.05) is 30.7 Å². The van der Waals surface area contributed by atoms with Crippen LogP contribution in [0.15, 0.2) is 35.4 Å². The third-order valence-corrected chi connectivity index (χ3v) is 4.17. The first kappa shape index (κ1) is 15.7. The second-order valence-corrected chi connectivity index (χ2v) is 7.27. The average molecular weight is 301 g/mol. The topological polar surface area (TPSA) is 80.3 Å². The number of carbonyl (C=O) groups excluding carboxylic acids is 2. The second-order valence-electron chi connectivity index (χ2n) is 3.95. The van der Waals surface area contributed by atoms with Gasteiger partial charge in [-0.1, -0.05) is 6.08 Å². The molecule has 19 heavy (non-hydrogen) atoms.